The van der Waals surface area contributed by atoms with Crippen LogP contribution in [0.15, 0.2) is 0 Å². The van der Waals surface area contributed by atoms with E-state index in [0.717, 1.165) is 12.0 Å². The van der Waals surface area contributed by atoms with Gasteiger partial charge >= 0.3 is 0 Å². The molecule has 0 heterocycles. The number of hydrogen-bond acceptors (Lipinski definition) is 1. The Labute approximate surface area is 102 Å². The van der Waals surface area contributed by atoms with Crippen molar-refractivity contribution in [3.05, 3.63) is 0 Å². The van der Waals surface area contributed by atoms with E-state index in [1.165, 1.54) is 70.6 Å². The van der Waals surface area contributed by atoms with E-state index >= 15 is 0 Å². The lowest BCUT2D eigenvalue weighted by molar-refractivity contribution is 0.382. The predicted molar refractivity (Wildman–Crippen MR) is 72.8 cm³/mol. The molecule has 1 aliphatic carbocycles. The standard InChI is InChI=1S/C15H31N/c1-3-4-5-6-7-8-9-11-14-12-10-13-15(14)16-2/h14-16H,3-13H2,1-2H3. The van der Waals surface area contributed by atoms with Crippen LogP contribution in [0.3, 0.4) is 0 Å². The zero-order valence-corrected chi connectivity index (χ0v) is 11.4. The van der Waals surface area contributed by atoms with E-state index in [9.17, 15) is 0 Å². The van der Waals surface area contributed by atoms with Crippen LogP contribution in [0, 0.1) is 5.92 Å². The normalized spacial score (nSPS) is 25.1. The second kappa shape index (κ2) is 9.04. The molecule has 2 atom stereocenters. The summed E-state index contributed by atoms with van der Waals surface area (Å²) in [4.78, 5) is 0. The van der Waals surface area contributed by atoms with Crippen molar-refractivity contribution >= 4 is 0 Å². The molecule has 0 saturated heterocycles. The molecule has 16 heavy (non-hydrogen) atoms. The predicted octanol–water partition coefficient (Wildman–Crippen LogP) is 4.52. The molecule has 1 aliphatic rings. The molecular formula is C15H31N. The van der Waals surface area contributed by atoms with Gasteiger partial charge in [-0.05, 0) is 32.2 Å². The van der Waals surface area contributed by atoms with Crippen molar-refractivity contribution in [1.29, 1.82) is 0 Å². The van der Waals surface area contributed by atoms with Crippen LogP contribution in [0.1, 0.15) is 77.6 Å². The van der Waals surface area contributed by atoms with Gasteiger partial charge in [-0.25, -0.2) is 0 Å². The molecule has 2 unspecified atom stereocenters. The van der Waals surface area contributed by atoms with Gasteiger partial charge in [0.2, 0.25) is 0 Å². The summed E-state index contributed by atoms with van der Waals surface area (Å²) in [5, 5.41) is 3.48. The fourth-order valence-electron chi connectivity index (χ4n) is 3.13. The van der Waals surface area contributed by atoms with Crippen LogP contribution in [0.4, 0.5) is 0 Å². The summed E-state index contributed by atoms with van der Waals surface area (Å²) in [5.41, 5.74) is 0. The molecule has 0 aliphatic heterocycles. The lowest BCUT2D eigenvalue weighted by Crippen LogP contribution is -2.28. The van der Waals surface area contributed by atoms with Gasteiger partial charge in [0.15, 0.2) is 0 Å². The highest BCUT2D eigenvalue weighted by atomic mass is 14.9. The van der Waals surface area contributed by atoms with E-state index in [4.69, 9.17) is 0 Å². The second-order valence-electron chi connectivity index (χ2n) is 5.50. The zero-order valence-electron chi connectivity index (χ0n) is 11.4. The van der Waals surface area contributed by atoms with Gasteiger partial charge in [-0.1, -0.05) is 58.3 Å². The first-order valence-electron chi connectivity index (χ1n) is 7.55. The molecule has 0 radical (unpaired) electrons. The van der Waals surface area contributed by atoms with Gasteiger partial charge in [-0.3, -0.25) is 0 Å². The maximum atomic E-state index is 3.48. The molecule has 0 aromatic heterocycles. The third kappa shape index (κ3) is 5.34. The van der Waals surface area contributed by atoms with Crippen molar-refractivity contribution in [3.63, 3.8) is 0 Å². The molecule has 0 aromatic rings. The minimum Gasteiger partial charge on any atom is -0.317 e. The molecule has 0 amide bonds. The molecule has 0 spiro atoms. The van der Waals surface area contributed by atoms with Gasteiger partial charge in [-0.15, -0.1) is 0 Å². The Morgan fingerprint density at radius 2 is 1.62 bits per heavy atom. The van der Waals surface area contributed by atoms with Crippen molar-refractivity contribution in [3.8, 4) is 0 Å². The van der Waals surface area contributed by atoms with Crippen LogP contribution in [0.25, 0.3) is 0 Å². The van der Waals surface area contributed by atoms with Gasteiger partial charge < -0.3 is 5.32 Å². The Balaban J connectivity index is 1.90. The van der Waals surface area contributed by atoms with Crippen LogP contribution in [0.2, 0.25) is 0 Å². The average molecular weight is 225 g/mol. The summed E-state index contributed by atoms with van der Waals surface area (Å²) in [6.45, 7) is 2.29. The average Bonchev–Trinajstić information content (AvgIpc) is 2.75. The van der Waals surface area contributed by atoms with Gasteiger partial charge in [0.25, 0.3) is 0 Å². The number of unbranched alkanes of at least 4 members (excludes halogenated alkanes) is 6. The van der Waals surface area contributed by atoms with Crippen LogP contribution in [-0.4, -0.2) is 13.1 Å². The first-order chi connectivity index (χ1) is 7.88. The van der Waals surface area contributed by atoms with Crippen molar-refractivity contribution in [1.82, 2.24) is 5.32 Å². The Hall–Kier alpha value is -0.0400. The quantitative estimate of drug-likeness (QED) is 0.569. The largest absolute Gasteiger partial charge is 0.317 e. The molecule has 1 fully saturated rings. The van der Waals surface area contributed by atoms with Crippen molar-refractivity contribution in [2.45, 2.75) is 83.6 Å². The summed E-state index contributed by atoms with van der Waals surface area (Å²) in [6, 6.07) is 0.833. The van der Waals surface area contributed by atoms with E-state index in [0.29, 0.717) is 0 Å². The van der Waals surface area contributed by atoms with Crippen molar-refractivity contribution in [2.24, 2.45) is 5.92 Å². The molecule has 1 N–H and O–H groups in total. The summed E-state index contributed by atoms with van der Waals surface area (Å²) in [6.07, 6.45) is 15.9. The molecule has 0 aromatic carbocycles. The molecule has 1 saturated carbocycles. The van der Waals surface area contributed by atoms with E-state index < -0.39 is 0 Å². The Morgan fingerprint density at radius 3 is 2.31 bits per heavy atom. The monoisotopic (exact) mass is 225 g/mol. The zero-order chi connectivity index (χ0) is 11.6. The van der Waals surface area contributed by atoms with E-state index in [1.807, 2.05) is 0 Å². The number of rotatable bonds is 9. The first kappa shape index (κ1) is 14.0. The lowest BCUT2D eigenvalue weighted by Gasteiger charge is -2.18. The van der Waals surface area contributed by atoms with Gasteiger partial charge in [-0.2, -0.15) is 0 Å². The minimum atomic E-state index is 0.833. The third-order valence-electron chi connectivity index (χ3n) is 4.21. The summed E-state index contributed by atoms with van der Waals surface area (Å²) in [7, 11) is 2.13. The first-order valence-corrected chi connectivity index (χ1v) is 7.55. The van der Waals surface area contributed by atoms with Crippen LogP contribution in [0.5, 0.6) is 0 Å². The topological polar surface area (TPSA) is 12.0 Å². The van der Waals surface area contributed by atoms with Gasteiger partial charge in [0, 0.05) is 6.04 Å². The minimum absolute atomic E-state index is 0.833. The number of nitrogens with one attached hydrogen (secondary N) is 1. The third-order valence-corrected chi connectivity index (χ3v) is 4.21. The van der Waals surface area contributed by atoms with E-state index in [1.54, 1.807) is 0 Å². The highest BCUT2D eigenvalue weighted by Gasteiger charge is 2.24. The SMILES string of the molecule is CCCCCCCCCC1CCCC1NC. The van der Waals surface area contributed by atoms with Gasteiger partial charge in [0.05, 0.1) is 0 Å². The highest BCUT2D eigenvalue weighted by Crippen LogP contribution is 2.29. The van der Waals surface area contributed by atoms with Crippen LogP contribution in [-0.2, 0) is 0 Å². The molecule has 0 bridgehead atoms. The molecule has 96 valence electrons. The van der Waals surface area contributed by atoms with Crippen LogP contribution >= 0.6 is 0 Å². The smallest absolute Gasteiger partial charge is 0.00923 e. The van der Waals surface area contributed by atoms with Crippen LogP contribution < -0.4 is 5.32 Å². The van der Waals surface area contributed by atoms with Crippen molar-refractivity contribution in [2.75, 3.05) is 7.05 Å². The summed E-state index contributed by atoms with van der Waals surface area (Å²) in [5.74, 6) is 0.987. The molecular weight excluding hydrogens is 194 g/mol. The van der Waals surface area contributed by atoms with E-state index in [2.05, 4.69) is 19.3 Å². The maximum Gasteiger partial charge on any atom is 0.00923 e. The molecule has 1 heteroatoms. The molecule has 1 nitrogen and oxygen atoms in total. The van der Waals surface area contributed by atoms with Crippen molar-refractivity contribution < 1.29 is 0 Å². The number of hydrogen-bond donors (Lipinski definition) is 1. The summed E-state index contributed by atoms with van der Waals surface area (Å²) < 4.78 is 0. The lowest BCUT2D eigenvalue weighted by atomic mass is 9.95. The second-order valence-corrected chi connectivity index (χ2v) is 5.50. The fourth-order valence-corrected chi connectivity index (χ4v) is 3.13. The maximum absolute atomic E-state index is 3.48. The summed E-state index contributed by atoms with van der Waals surface area (Å²) >= 11 is 0. The Kier molecular flexibility index (Phi) is 7.92. The van der Waals surface area contributed by atoms with E-state index in [-0.39, 0.29) is 0 Å². The highest BCUT2D eigenvalue weighted by molar-refractivity contribution is 4.81. The Bertz CT molecular complexity index is 156. The van der Waals surface area contributed by atoms with Gasteiger partial charge in [0.1, 0.15) is 0 Å². The fraction of sp³-hybridized carbons (Fsp3) is 1.00. The Morgan fingerprint density at radius 1 is 0.938 bits per heavy atom. The molecule has 1 rings (SSSR count).